The number of carbonyl (C=O) groups is 3. The maximum Gasteiger partial charge on any atom is 0.338 e. The minimum absolute atomic E-state index is 0.0439. The summed E-state index contributed by atoms with van der Waals surface area (Å²) in [6, 6.07) is 4.00. The van der Waals surface area contributed by atoms with E-state index >= 15 is 0 Å². The molecule has 1 aromatic carbocycles. The Morgan fingerprint density at radius 2 is 1.40 bits per heavy atom. The lowest BCUT2D eigenvalue weighted by atomic mass is 10.2. The van der Waals surface area contributed by atoms with Gasteiger partial charge in [0.15, 0.2) is 0 Å². The van der Waals surface area contributed by atoms with Crippen molar-refractivity contribution >= 4 is 17.9 Å². The third-order valence-corrected chi connectivity index (χ3v) is 2.96. The molecule has 0 atom stereocenters. The second kappa shape index (κ2) is 9.42. The topological polar surface area (TPSA) is 78.9 Å². The van der Waals surface area contributed by atoms with Crippen molar-refractivity contribution in [3.63, 3.8) is 0 Å². The molecule has 0 amide bonds. The van der Waals surface area contributed by atoms with Crippen LogP contribution in [0.15, 0.2) is 42.5 Å². The van der Waals surface area contributed by atoms with Gasteiger partial charge >= 0.3 is 17.9 Å². The third-order valence-electron chi connectivity index (χ3n) is 2.96. The van der Waals surface area contributed by atoms with Gasteiger partial charge in [-0.05, 0) is 32.4 Å². The van der Waals surface area contributed by atoms with Gasteiger partial charge in [-0.1, -0.05) is 26.5 Å². The first-order valence-electron chi connectivity index (χ1n) is 7.82. The number of benzene rings is 1. The van der Waals surface area contributed by atoms with E-state index in [4.69, 9.17) is 14.2 Å². The van der Waals surface area contributed by atoms with E-state index in [0.717, 1.165) is 12.8 Å². The summed E-state index contributed by atoms with van der Waals surface area (Å²) in [5, 5.41) is 0. The first-order chi connectivity index (χ1) is 11.7. The Hall–Kier alpha value is -2.89. The van der Waals surface area contributed by atoms with Crippen molar-refractivity contribution in [3.8, 4) is 11.5 Å². The average Bonchev–Trinajstić information content (AvgIpc) is 2.54. The van der Waals surface area contributed by atoms with E-state index in [-0.39, 0.29) is 34.8 Å². The monoisotopic (exact) mass is 346 g/mol. The van der Waals surface area contributed by atoms with Gasteiger partial charge in [0.1, 0.15) is 11.5 Å². The molecule has 0 heterocycles. The van der Waals surface area contributed by atoms with Crippen LogP contribution in [0.3, 0.4) is 0 Å². The van der Waals surface area contributed by atoms with Crippen LogP contribution in [0.25, 0.3) is 0 Å². The van der Waals surface area contributed by atoms with Gasteiger partial charge in [-0.15, -0.1) is 0 Å². The summed E-state index contributed by atoms with van der Waals surface area (Å²) in [7, 11) is 0. The third kappa shape index (κ3) is 6.63. The lowest BCUT2D eigenvalue weighted by molar-refractivity contribution is -0.130. The summed E-state index contributed by atoms with van der Waals surface area (Å²) < 4.78 is 15.4. The molecule has 0 N–H and O–H groups in total. The Bertz CT molecular complexity index is 656. The van der Waals surface area contributed by atoms with E-state index in [1.165, 1.54) is 32.0 Å². The van der Waals surface area contributed by atoms with E-state index in [1.54, 1.807) is 0 Å². The average molecular weight is 346 g/mol. The minimum Gasteiger partial charge on any atom is -0.462 e. The molecule has 134 valence electrons. The van der Waals surface area contributed by atoms with Crippen molar-refractivity contribution in [1.82, 2.24) is 0 Å². The summed E-state index contributed by atoms with van der Waals surface area (Å²) in [6.07, 6.45) is 1.61. The zero-order chi connectivity index (χ0) is 19.0. The molecule has 0 unspecified atom stereocenters. The number of ether oxygens (including phenoxy) is 3. The summed E-state index contributed by atoms with van der Waals surface area (Å²) in [5.41, 5.74) is 0.487. The van der Waals surface area contributed by atoms with Crippen LogP contribution in [-0.4, -0.2) is 24.5 Å². The Kier molecular flexibility index (Phi) is 7.59. The van der Waals surface area contributed by atoms with Gasteiger partial charge in [-0.3, -0.25) is 0 Å². The molecular formula is C19H22O6. The molecule has 1 aromatic rings. The van der Waals surface area contributed by atoms with Gasteiger partial charge in [0.2, 0.25) is 0 Å². The van der Waals surface area contributed by atoms with Crippen molar-refractivity contribution in [3.05, 3.63) is 48.1 Å². The van der Waals surface area contributed by atoms with Crippen LogP contribution in [0.2, 0.25) is 0 Å². The lowest BCUT2D eigenvalue weighted by Gasteiger charge is -2.11. The summed E-state index contributed by atoms with van der Waals surface area (Å²) in [5.74, 6) is -1.83. The highest BCUT2D eigenvalue weighted by Crippen LogP contribution is 2.25. The molecule has 0 fully saturated rings. The first kappa shape index (κ1) is 20.2. The summed E-state index contributed by atoms with van der Waals surface area (Å²) in [6.45, 7) is 12.2. The second-order valence-corrected chi connectivity index (χ2v) is 5.52. The number of esters is 3. The largest absolute Gasteiger partial charge is 0.462 e. The second-order valence-electron chi connectivity index (χ2n) is 5.52. The molecule has 0 aromatic heterocycles. The zero-order valence-electron chi connectivity index (χ0n) is 14.7. The van der Waals surface area contributed by atoms with Gasteiger partial charge in [-0.2, -0.15) is 0 Å². The normalized spacial score (nSPS) is 9.88. The van der Waals surface area contributed by atoms with Crippen molar-refractivity contribution < 1.29 is 28.6 Å². The molecule has 0 saturated carbocycles. The fourth-order valence-corrected chi connectivity index (χ4v) is 1.59. The summed E-state index contributed by atoms with van der Waals surface area (Å²) in [4.78, 5) is 35.5. The maximum atomic E-state index is 12.1. The number of hydrogen-bond acceptors (Lipinski definition) is 6. The predicted molar refractivity (Wildman–Crippen MR) is 92.5 cm³/mol. The van der Waals surface area contributed by atoms with Crippen molar-refractivity contribution in [2.75, 3.05) is 6.61 Å². The molecule has 0 saturated heterocycles. The van der Waals surface area contributed by atoms with Gasteiger partial charge in [0, 0.05) is 17.2 Å². The van der Waals surface area contributed by atoms with E-state index in [9.17, 15) is 14.4 Å². The van der Waals surface area contributed by atoms with Gasteiger partial charge in [-0.25, -0.2) is 14.4 Å². The molecule has 6 nitrogen and oxygen atoms in total. The predicted octanol–water partition coefficient (Wildman–Crippen LogP) is 3.61. The SMILES string of the molecule is C=C(C)C(=O)Oc1cc(OC(=O)C(=C)C)cc(C(=O)OCCCC)c1. The maximum absolute atomic E-state index is 12.1. The minimum atomic E-state index is -0.659. The molecule has 0 aliphatic carbocycles. The Morgan fingerprint density at radius 3 is 1.80 bits per heavy atom. The van der Waals surface area contributed by atoms with Crippen LogP contribution in [0.4, 0.5) is 0 Å². The van der Waals surface area contributed by atoms with Crippen molar-refractivity contribution in [2.45, 2.75) is 33.6 Å². The molecule has 0 bridgehead atoms. The molecule has 0 aliphatic heterocycles. The number of hydrogen-bond donors (Lipinski definition) is 0. The van der Waals surface area contributed by atoms with E-state index in [2.05, 4.69) is 13.2 Å². The van der Waals surface area contributed by atoms with Crippen LogP contribution < -0.4 is 9.47 Å². The van der Waals surface area contributed by atoms with Crippen LogP contribution in [0.5, 0.6) is 11.5 Å². The Labute approximate surface area is 147 Å². The molecular weight excluding hydrogens is 324 g/mol. The van der Waals surface area contributed by atoms with Crippen molar-refractivity contribution in [1.29, 1.82) is 0 Å². The molecule has 25 heavy (non-hydrogen) atoms. The van der Waals surface area contributed by atoms with Gasteiger partial charge in [0.05, 0.1) is 12.2 Å². The van der Waals surface area contributed by atoms with Crippen LogP contribution in [0, 0.1) is 0 Å². The van der Waals surface area contributed by atoms with E-state index in [1.807, 2.05) is 6.92 Å². The number of unbranched alkanes of at least 4 members (excludes halogenated alkanes) is 1. The van der Waals surface area contributed by atoms with Crippen molar-refractivity contribution in [2.24, 2.45) is 0 Å². The Morgan fingerprint density at radius 1 is 0.920 bits per heavy atom. The standard InChI is InChI=1S/C19H22O6/c1-6-7-8-23-19(22)14-9-15(24-17(20)12(2)3)11-16(10-14)25-18(21)13(4)5/h9-11H,2,4,6-8H2,1,3,5H3. The van der Waals surface area contributed by atoms with Crippen LogP contribution in [-0.2, 0) is 14.3 Å². The molecule has 6 heteroatoms. The smallest absolute Gasteiger partial charge is 0.338 e. The van der Waals surface area contributed by atoms with Crippen LogP contribution in [0.1, 0.15) is 44.0 Å². The molecule has 0 aliphatic rings. The van der Waals surface area contributed by atoms with Gasteiger partial charge in [0.25, 0.3) is 0 Å². The Balaban J connectivity index is 3.10. The quantitative estimate of drug-likeness (QED) is 0.310. The molecule has 0 spiro atoms. The summed E-state index contributed by atoms with van der Waals surface area (Å²) >= 11 is 0. The number of carbonyl (C=O) groups excluding carboxylic acids is 3. The fourth-order valence-electron chi connectivity index (χ4n) is 1.59. The highest BCUT2D eigenvalue weighted by Gasteiger charge is 2.16. The van der Waals surface area contributed by atoms with E-state index < -0.39 is 17.9 Å². The first-order valence-corrected chi connectivity index (χ1v) is 7.82. The zero-order valence-corrected chi connectivity index (χ0v) is 14.7. The van der Waals surface area contributed by atoms with E-state index in [0.29, 0.717) is 0 Å². The van der Waals surface area contributed by atoms with Crippen LogP contribution >= 0.6 is 0 Å². The number of rotatable bonds is 8. The highest BCUT2D eigenvalue weighted by molar-refractivity contribution is 5.93. The van der Waals surface area contributed by atoms with Gasteiger partial charge < -0.3 is 14.2 Å². The highest BCUT2D eigenvalue weighted by atomic mass is 16.5. The fraction of sp³-hybridized carbons (Fsp3) is 0.316. The molecule has 0 radical (unpaired) electrons. The lowest BCUT2D eigenvalue weighted by Crippen LogP contribution is -2.12. The molecule has 1 rings (SSSR count).